The number of hydrogen-bond donors (Lipinski definition) is 2. The van der Waals surface area contributed by atoms with Crippen LogP contribution in [0.15, 0.2) is 35.7 Å². The predicted octanol–water partition coefficient (Wildman–Crippen LogP) is 4.18. The van der Waals surface area contributed by atoms with Gasteiger partial charge < -0.3 is 10.6 Å². The number of hydrogen-bond acceptors (Lipinski definition) is 4. The number of alkyl halides is 3. The zero-order chi connectivity index (χ0) is 17.0. The number of halogens is 3. The van der Waals surface area contributed by atoms with Gasteiger partial charge in [-0.2, -0.15) is 13.2 Å². The first-order valence-corrected chi connectivity index (χ1v) is 7.45. The Morgan fingerprint density at radius 1 is 1.17 bits per heavy atom. The highest BCUT2D eigenvalue weighted by atomic mass is 32.1. The van der Waals surface area contributed by atoms with Gasteiger partial charge in [-0.15, -0.1) is 11.3 Å². The van der Waals surface area contributed by atoms with E-state index < -0.39 is 18.6 Å². The molecule has 2 N–H and O–H groups in total. The average Bonchev–Trinajstić information content (AvgIpc) is 2.95. The predicted molar refractivity (Wildman–Crippen MR) is 83.3 cm³/mol. The molecular formula is C15H13F3N2O2S. The van der Waals surface area contributed by atoms with Crippen LogP contribution in [0.1, 0.15) is 27.0 Å². The van der Waals surface area contributed by atoms with E-state index in [0.717, 1.165) is 11.3 Å². The number of ketones is 1. The van der Waals surface area contributed by atoms with Crippen molar-refractivity contribution < 1.29 is 22.8 Å². The van der Waals surface area contributed by atoms with Gasteiger partial charge in [0.2, 0.25) is 0 Å². The summed E-state index contributed by atoms with van der Waals surface area (Å²) in [7, 11) is 0. The molecule has 0 atom stereocenters. The van der Waals surface area contributed by atoms with Crippen molar-refractivity contribution in [1.82, 2.24) is 0 Å². The summed E-state index contributed by atoms with van der Waals surface area (Å²) in [5.74, 6) is -0.642. The molecule has 2 aromatic rings. The fraction of sp³-hybridized carbons (Fsp3) is 0.200. The smallest absolute Gasteiger partial charge is 0.375 e. The lowest BCUT2D eigenvalue weighted by molar-refractivity contribution is -0.115. The molecule has 0 aliphatic heterocycles. The minimum atomic E-state index is -4.36. The van der Waals surface area contributed by atoms with Crippen LogP contribution in [0.4, 0.5) is 24.5 Å². The van der Waals surface area contributed by atoms with Crippen LogP contribution in [0.5, 0.6) is 0 Å². The standard InChI is InChI=1S/C15H13F3N2O2S/c1-9(21)10-6-13(23-7-10)14(22)20-12-5-3-2-4-11(12)19-8-15(16,17)18/h2-7,19H,8H2,1H3,(H,20,22). The molecule has 4 nitrogen and oxygen atoms in total. The molecule has 1 amide bonds. The van der Waals surface area contributed by atoms with E-state index >= 15 is 0 Å². The third kappa shape index (κ3) is 4.82. The third-order valence-electron chi connectivity index (χ3n) is 2.88. The Morgan fingerprint density at radius 3 is 2.39 bits per heavy atom. The molecule has 0 aliphatic rings. The number of rotatable bonds is 5. The second kappa shape index (κ2) is 6.82. The number of anilines is 2. The molecule has 0 saturated heterocycles. The van der Waals surface area contributed by atoms with Crippen LogP contribution in [0, 0.1) is 0 Å². The highest BCUT2D eigenvalue weighted by molar-refractivity contribution is 7.12. The van der Waals surface area contributed by atoms with Crippen molar-refractivity contribution in [2.75, 3.05) is 17.2 Å². The number of para-hydroxylation sites is 2. The summed E-state index contributed by atoms with van der Waals surface area (Å²) >= 11 is 1.10. The second-order valence-electron chi connectivity index (χ2n) is 4.72. The summed E-state index contributed by atoms with van der Waals surface area (Å²) in [4.78, 5) is 23.7. The third-order valence-corrected chi connectivity index (χ3v) is 3.81. The van der Waals surface area contributed by atoms with Gasteiger partial charge in [-0.25, -0.2) is 0 Å². The second-order valence-corrected chi connectivity index (χ2v) is 5.64. The Morgan fingerprint density at radius 2 is 1.83 bits per heavy atom. The first kappa shape index (κ1) is 17.0. The van der Waals surface area contributed by atoms with E-state index in [-0.39, 0.29) is 17.2 Å². The van der Waals surface area contributed by atoms with Crippen molar-refractivity contribution in [3.8, 4) is 0 Å². The zero-order valence-corrected chi connectivity index (χ0v) is 12.8. The molecular weight excluding hydrogens is 329 g/mol. The Bertz CT molecular complexity index is 726. The molecule has 0 radical (unpaired) electrons. The first-order chi connectivity index (χ1) is 10.8. The largest absolute Gasteiger partial charge is 0.405 e. The van der Waals surface area contributed by atoms with Crippen molar-refractivity contribution in [3.63, 3.8) is 0 Å². The molecule has 1 aromatic carbocycles. The lowest BCUT2D eigenvalue weighted by atomic mass is 10.2. The molecule has 122 valence electrons. The number of carbonyl (C=O) groups is 2. The molecule has 0 aliphatic carbocycles. The minimum absolute atomic E-state index is 0.160. The number of amides is 1. The number of carbonyl (C=O) groups excluding carboxylic acids is 2. The van der Waals surface area contributed by atoms with Gasteiger partial charge in [-0.05, 0) is 25.1 Å². The van der Waals surface area contributed by atoms with E-state index in [4.69, 9.17) is 0 Å². The van der Waals surface area contributed by atoms with E-state index in [0.29, 0.717) is 10.4 Å². The van der Waals surface area contributed by atoms with Crippen LogP contribution in [0.2, 0.25) is 0 Å². The van der Waals surface area contributed by atoms with Crippen molar-refractivity contribution in [1.29, 1.82) is 0 Å². The number of benzene rings is 1. The lowest BCUT2D eigenvalue weighted by Crippen LogP contribution is -2.22. The van der Waals surface area contributed by atoms with E-state index in [1.165, 1.54) is 25.1 Å². The fourth-order valence-corrected chi connectivity index (χ4v) is 2.61. The lowest BCUT2D eigenvalue weighted by Gasteiger charge is -2.14. The van der Waals surface area contributed by atoms with Crippen LogP contribution in [0.3, 0.4) is 0 Å². The van der Waals surface area contributed by atoms with E-state index in [2.05, 4.69) is 10.6 Å². The Labute approximate surface area is 134 Å². The molecule has 0 unspecified atom stereocenters. The molecule has 2 rings (SSSR count). The quantitative estimate of drug-likeness (QED) is 0.802. The number of thiophene rings is 1. The maximum Gasteiger partial charge on any atom is 0.405 e. The molecule has 0 bridgehead atoms. The van der Waals surface area contributed by atoms with Crippen LogP contribution in [-0.2, 0) is 0 Å². The maximum atomic E-state index is 12.3. The SMILES string of the molecule is CC(=O)c1csc(C(=O)Nc2ccccc2NCC(F)(F)F)c1. The van der Waals surface area contributed by atoms with Crippen LogP contribution < -0.4 is 10.6 Å². The monoisotopic (exact) mass is 342 g/mol. The molecule has 0 spiro atoms. The van der Waals surface area contributed by atoms with Crippen LogP contribution >= 0.6 is 11.3 Å². The summed E-state index contributed by atoms with van der Waals surface area (Å²) < 4.78 is 36.9. The molecule has 23 heavy (non-hydrogen) atoms. The number of Topliss-reactive ketones (excluding diaryl/α,β-unsaturated/α-hetero) is 1. The zero-order valence-electron chi connectivity index (χ0n) is 12.0. The average molecular weight is 342 g/mol. The molecule has 1 aromatic heterocycles. The number of nitrogens with one attached hydrogen (secondary N) is 2. The van der Waals surface area contributed by atoms with Crippen molar-refractivity contribution >= 4 is 34.4 Å². The van der Waals surface area contributed by atoms with Gasteiger partial charge in [0.25, 0.3) is 5.91 Å². The molecule has 8 heteroatoms. The molecule has 0 saturated carbocycles. The summed E-state index contributed by atoms with van der Waals surface area (Å²) in [6.45, 7) is 0.188. The Balaban J connectivity index is 2.12. The van der Waals surface area contributed by atoms with Gasteiger partial charge in [0.15, 0.2) is 5.78 Å². The van der Waals surface area contributed by atoms with Crippen molar-refractivity contribution in [3.05, 3.63) is 46.2 Å². The van der Waals surface area contributed by atoms with Gasteiger partial charge in [0.1, 0.15) is 6.54 Å². The van der Waals surface area contributed by atoms with Gasteiger partial charge in [0.05, 0.1) is 16.3 Å². The summed E-state index contributed by atoms with van der Waals surface area (Å²) in [6, 6.07) is 7.55. The van der Waals surface area contributed by atoms with Gasteiger partial charge in [-0.1, -0.05) is 12.1 Å². The van der Waals surface area contributed by atoms with Crippen LogP contribution in [0.25, 0.3) is 0 Å². The van der Waals surface area contributed by atoms with Gasteiger partial charge >= 0.3 is 6.18 Å². The summed E-state index contributed by atoms with van der Waals surface area (Å²) in [5, 5.41) is 6.35. The molecule has 0 fully saturated rings. The maximum absolute atomic E-state index is 12.3. The van der Waals surface area contributed by atoms with Crippen molar-refractivity contribution in [2.24, 2.45) is 0 Å². The summed E-state index contributed by atoms with van der Waals surface area (Å²) in [6.07, 6.45) is -4.36. The van der Waals surface area contributed by atoms with Crippen molar-refractivity contribution in [2.45, 2.75) is 13.1 Å². The first-order valence-electron chi connectivity index (χ1n) is 6.57. The Kier molecular flexibility index (Phi) is 5.05. The highest BCUT2D eigenvalue weighted by Crippen LogP contribution is 2.25. The Hall–Kier alpha value is -2.35. The van der Waals surface area contributed by atoms with E-state index in [9.17, 15) is 22.8 Å². The van der Waals surface area contributed by atoms with Crippen LogP contribution in [-0.4, -0.2) is 24.4 Å². The van der Waals surface area contributed by atoms with Gasteiger partial charge in [-0.3, -0.25) is 9.59 Å². The van der Waals surface area contributed by atoms with Gasteiger partial charge in [0, 0.05) is 10.9 Å². The molecule has 1 heterocycles. The fourth-order valence-electron chi connectivity index (χ4n) is 1.77. The normalized spacial score (nSPS) is 11.1. The minimum Gasteiger partial charge on any atom is -0.375 e. The van der Waals surface area contributed by atoms with E-state index in [1.54, 1.807) is 17.5 Å². The highest BCUT2D eigenvalue weighted by Gasteiger charge is 2.27. The topological polar surface area (TPSA) is 58.2 Å². The van der Waals surface area contributed by atoms with E-state index in [1.807, 2.05) is 0 Å². The summed E-state index contributed by atoms with van der Waals surface area (Å²) in [5.41, 5.74) is 0.824.